The zero-order valence-corrected chi connectivity index (χ0v) is 16.0. The van der Waals surface area contributed by atoms with E-state index >= 15 is 0 Å². The molecule has 0 spiro atoms. The number of nitrogens with one attached hydrogen (secondary N) is 1. The van der Waals surface area contributed by atoms with Gasteiger partial charge in [-0.25, -0.2) is 8.42 Å². The molecule has 0 saturated carbocycles. The highest BCUT2D eigenvalue weighted by atomic mass is 32.2. The molecule has 0 aliphatic carbocycles. The summed E-state index contributed by atoms with van der Waals surface area (Å²) in [6.07, 6.45) is 0.454. The Labute approximate surface area is 151 Å². The maximum absolute atomic E-state index is 12.8. The van der Waals surface area contributed by atoms with E-state index in [-0.39, 0.29) is 23.5 Å². The van der Waals surface area contributed by atoms with Crippen molar-refractivity contribution >= 4 is 26.6 Å². The zero-order chi connectivity index (χ0) is 19.1. The smallest absolute Gasteiger partial charge is 0.270 e. The minimum absolute atomic E-state index is 0.000432. The molecule has 2 aromatic rings. The molecule has 142 valence electrons. The van der Waals surface area contributed by atoms with Crippen LogP contribution in [0, 0.1) is 0 Å². The first-order chi connectivity index (χ1) is 12.3. The number of aromatic nitrogens is 1. The fourth-order valence-corrected chi connectivity index (χ4v) is 5.08. The van der Waals surface area contributed by atoms with Crippen LogP contribution < -0.4 is 14.2 Å². The first kappa shape index (κ1) is 18.4. The van der Waals surface area contributed by atoms with Gasteiger partial charge >= 0.3 is 0 Å². The van der Waals surface area contributed by atoms with Crippen molar-refractivity contribution in [1.29, 1.82) is 0 Å². The Hall–Kier alpha value is -2.42. The fourth-order valence-electron chi connectivity index (χ4n) is 3.30. The molecular weight excluding hydrogens is 360 g/mol. The number of carbonyl (C=O) groups excluding carboxylic acids is 1. The molecule has 0 bridgehead atoms. The Morgan fingerprint density at radius 1 is 1.15 bits per heavy atom. The molecule has 1 aliphatic heterocycles. The van der Waals surface area contributed by atoms with Crippen LogP contribution in [-0.2, 0) is 9.84 Å². The first-order valence-electron chi connectivity index (χ1n) is 8.10. The van der Waals surface area contributed by atoms with Gasteiger partial charge in [0.25, 0.3) is 5.91 Å². The summed E-state index contributed by atoms with van der Waals surface area (Å²) in [5.41, 5.74) is 1.01. The number of methoxy groups -OCH3 is 3. The lowest BCUT2D eigenvalue weighted by atomic mass is 10.2. The van der Waals surface area contributed by atoms with E-state index in [0.717, 1.165) is 0 Å². The Bertz CT molecular complexity index is 950. The summed E-state index contributed by atoms with van der Waals surface area (Å²) in [7, 11) is 3.10. The number of carbonyl (C=O) groups is 1. The van der Waals surface area contributed by atoms with Crippen molar-refractivity contribution in [2.24, 2.45) is 0 Å². The lowest BCUT2D eigenvalue weighted by Crippen LogP contribution is -2.37. The Kier molecular flexibility index (Phi) is 4.74. The molecule has 1 aromatic heterocycles. The van der Waals surface area contributed by atoms with Gasteiger partial charge in [0.05, 0.1) is 38.4 Å². The van der Waals surface area contributed by atoms with Gasteiger partial charge in [-0.05, 0) is 12.5 Å². The number of sulfone groups is 1. The predicted octanol–water partition coefficient (Wildman–Crippen LogP) is 1.45. The second-order valence-electron chi connectivity index (χ2n) is 6.26. The molecule has 1 fully saturated rings. The predicted molar refractivity (Wildman–Crippen MR) is 97.1 cm³/mol. The highest BCUT2D eigenvalue weighted by Crippen LogP contribution is 2.43. The summed E-state index contributed by atoms with van der Waals surface area (Å²) < 4.78 is 39.5. The van der Waals surface area contributed by atoms with E-state index in [1.165, 1.54) is 26.2 Å². The molecule has 1 aliphatic rings. The van der Waals surface area contributed by atoms with Crippen molar-refractivity contribution in [3.8, 4) is 17.2 Å². The van der Waals surface area contributed by atoms with Crippen LogP contribution in [0.15, 0.2) is 12.1 Å². The van der Waals surface area contributed by atoms with Gasteiger partial charge in [-0.2, -0.15) is 0 Å². The van der Waals surface area contributed by atoms with Gasteiger partial charge in [-0.3, -0.25) is 4.79 Å². The summed E-state index contributed by atoms with van der Waals surface area (Å²) in [6.45, 7) is 0. The van der Waals surface area contributed by atoms with Crippen LogP contribution in [0.4, 0.5) is 0 Å². The molecule has 1 amide bonds. The minimum Gasteiger partial charge on any atom is -0.493 e. The number of benzene rings is 1. The standard InChI is InChI=1S/C17H22N2O6S/c1-19(10-5-6-26(21,22)9-10)17(20)13-7-11-12(18-13)8-14(23-2)16(25-4)15(11)24-3/h7-8,10,18H,5-6,9H2,1-4H3/t10-/m0/s1. The van der Waals surface area contributed by atoms with Crippen LogP contribution in [0.2, 0.25) is 0 Å². The van der Waals surface area contributed by atoms with Crippen molar-refractivity contribution in [2.75, 3.05) is 39.9 Å². The average molecular weight is 382 g/mol. The SMILES string of the molecule is COc1cc2[nH]c(C(=O)N(C)[C@H]3CCS(=O)(=O)C3)cc2c(OC)c1OC. The maximum Gasteiger partial charge on any atom is 0.270 e. The molecule has 1 atom stereocenters. The summed E-state index contributed by atoms with van der Waals surface area (Å²) in [6, 6.07) is 3.09. The van der Waals surface area contributed by atoms with Crippen LogP contribution in [0.25, 0.3) is 10.9 Å². The summed E-state index contributed by atoms with van der Waals surface area (Å²) in [5, 5.41) is 0.681. The van der Waals surface area contributed by atoms with Crippen molar-refractivity contribution in [1.82, 2.24) is 9.88 Å². The first-order valence-corrected chi connectivity index (χ1v) is 9.92. The second-order valence-corrected chi connectivity index (χ2v) is 8.49. The quantitative estimate of drug-likeness (QED) is 0.841. The highest BCUT2D eigenvalue weighted by Gasteiger charge is 2.33. The van der Waals surface area contributed by atoms with Gasteiger partial charge in [-0.15, -0.1) is 0 Å². The van der Waals surface area contributed by atoms with Gasteiger partial charge in [0, 0.05) is 24.5 Å². The van der Waals surface area contributed by atoms with Crippen molar-refractivity contribution in [3.63, 3.8) is 0 Å². The minimum atomic E-state index is -3.07. The lowest BCUT2D eigenvalue weighted by molar-refractivity contribution is 0.0743. The number of H-pyrrole nitrogens is 1. The Morgan fingerprint density at radius 2 is 1.85 bits per heavy atom. The van der Waals surface area contributed by atoms with Gasteiger partial charge in [0.2, 0.25) is 5.75 Å². The monoisotopic (exact) mass is 382 g/mol. The van der Waals surface area contributed by atoms with Gasteiger partial charge in [-0.1, -0.05) is 0 Å². The average Bonchev–Trinajstić information content (AvgIpc) is 3.21. The largest absolute Gasteiger partial charge is 0.493 e. The summed E-state index contributed by atoms with van der Waals surface area (Å²) in [4.78, 5) is 17.4. The molecule has 3 rings (SSSR count). The third kappa shape index (κ3) is 3.07. The van der Waals surface area contributed by atoms with E-state index in [0.29, 0.717) is 40.3 Å². The van der Waals surface area contributed by atoms with Gasteiger partial charge < -0.3 is 24.1 Å². The summed E-state index contributed by atoms with van der Waals surface area (Å²) in [5.74, 6) is 1.22. The number of ether oxygens (including phenoxy) is 3. The number of amides is 1. The number of fused-ring (bicyclic) bond motifs is 1. The number of hydrogen-bond acceptors (Lipinski definition) is 6. The van der Waals surface area contributed by atoms with Crippen LogP contribution in [0.5, 0.6) is 17.2 Å². The van der Waals surface area contributed by atoms with Crippen molar-refractivity contribution < 1.29 is 27.4 Å². The maximum atomic E-state index is 12.8. The van der Waals surface area contributed by atoms with Gasteiger partial charge in [0.15, 0.2) is 21.3 Å². The molecule has 26 heavy (non-hydrogen) atoms. The number of nitrogens with zero attached hydrogens (tertiary/aromatic N) is 1. The van der Waals surface area contributed by atoms with Crippen molar-refractivity contribution in [2.45, 2.75) is 12.5 Å². The molecule has 0 unspecified atom stereocenters. The molecular formula is C17H22N2O6S. The van der Waals surface area contributed by atoms with Crippen LogP contribution in [-0.4, -0.2) is 70.1 Å². The van der Waals surface area contributed by atoms with Crippen molar-refractivity contribution in [3.05, 3.63) is 17.8 Å². The third-order valence-corrected chi connectivity index (χ3v) is 6.48. The molecule has 0 radical (unpaired) electrons. The summed E-state index contributed by atoms with van der Waals surface area (Å²) >= 11 is 0. The van der Waals surface area contributed by atoms with E-state index in [2.05, 4.69) is 4.98 Å². The fraction of sp³-hybridized carbons (Fsp3) is 0.471. The van der Waals surface area contributed by atoms with E-state index in [9.17, 15) is 13.2 Å². The van der Waals surface area contributed by atoms with Crippen LogP contribution >= 0.6 is 0 Å². The van der Waals surface area contributed by atoms with Crippen LogP contribution in [0.1, 0.15) is 16.9 Å². The molecule has 9 heteroatoms. The normalized spacial score (nSPS) is 18.7. The van der Waals surface area contributed by atoms with Crippen LogP contribution in [0.3, 0.4) is 0 Å². The molecule has 1 N–H and O–H groups in total. The van der Waals surface area contributed by atoms with E-state index < -0.39 is 9.84 Å². The molecule has 1 aromatic carbocycles. The Morgan fingerprint density at radius 3 is 2.38 bits per heavy atom. The Balaban J connectivity index is 1.99. The highest BCUT2D eigenvalue weighted by molar-refractivity contribution is 7.91. The number of hydrogen-bond donors (Lipinski definition) is 1. The number of aromatic amines is 1. The van der Waals surface area contributed by atoms with E-state index in [1.54, 1.807) is 19.2 Å². The molecule has 1 saturated heterocycles. The van der Waals surface area contributed by atoms with E-state index in [4.69, 9.17) is 14.2 Å². The molecule has 2 heterocycles. The molecule has 8 nitrogen and oxygen atoms in total. The van der Waals surface area contributed by atoms with Gasteiger partial charge in [0.1, 0.15) is 5.69 Å². The third-order valence-electron chi connectivity index (χ3n) is 4.73. The lowest BCUT2D eigenvalue weighted by Gasteiger charge is -2.22. The zero-order valence-electron chi connectivity index (χ0n) is 15.2. The second kappa shape index (κ2) is 6.71. The number of rotatable bonds is 5. The van der Waals surface area contributed by atoms with E-state index in [1.807, 2.05) is 0 Å². The topological polar surface area (TPSA) is 97.9 Å².